The second-order valence-electron chi connectivity index (χ2n) is 5.69. The van der Waals surface area contributed by atoms with Gasteiger partial charge in [0.2, 0.25) is 0 Å². The monoisotopic (exact) mass is 364 g/mol. The molecule has 0 spiro atoms. The van der Waals surface area contributed by atoms with Crippen molar-refractivity contribution in [3.8, 4) is 9.75 Å². The van der Waals surface area contributed by atoms with Crippen LogP contribution in [0.25, 0.3) is 9.75 Å². The van der Waals surface area contributed by atoms with E-state index in [1.165, 1.54) is 11.3 Å². The standard InChI is InChI=1S/C16H20N4O2S2/c17-16(22)20-11-8-13(12-5-3-7-23-12)24-14(11)15(21)19-10-4-1-2-6-18-9-10/h3,5,7-8,10,18H,1-2,4,6,9H2,(H,19,21)(H3,17,20,22)/t10-/m0/s1. The van der Waals surface area contributed by atoms with E-state index < -0.39 is 6.03 Å². The molecule has 3 rings (SSSR count). The molecule has 0 aromatic carbocycles. The first-order valence-corrected chi connectivity index (χ1v) is 9.59. The minimum atomic E-state index is -0.671. The zero-order valence-corrected chi connectivity index (χ0v) is 14.8. The molecular formula is C16H20N4O2S2. The number of nitrogens with two attached hydrogens (primary N) is 1. The van der Waals surface area contributed by atoms with Crippen LogP contribution in [0.2, 0.25) is 0 Å². The first-order chi connectivity index (χ1) is 11.6. The molecule has 1 aliphatic rings. The van der Waals surface area contributed by atoms with Crippen molar-refractivity contribution in [2.75, 3.05) is 18.4 Å². The molecule has 3 amide bonds. The van der Waals surface area contributed by atoms with Crippen LogP contribution in [0, 0.1) is 0 Å². The minimum absolute atomic E-state index is 0.105. The van der Waals surface area contributed by atoms with Crippen molar-refractivity contribution in [3.05, 3.63) is 28.5 Å². The van der Waals surface area contributed by atoms with Gasteiger partial charge in [0.05, 0.1) is 5.69 Å². The summed E-state index contributed by atoms with van der Waals surface area (Å²) < 4.78 is 0. The van der Waals surface area contributed by atoms with E-state index in [-0.39, 0.29) is 11.9 Å². The predicted octanol–water partition coefficient (Wildman–Crippen LogP) is 2.84. The number of carbonyl (C=O) groups is 2. The summed E-state index contributed by atoms with van der Waals surface area (Å²) in [5, 5.41) is 10.9. The average molecular weight is 364 g/mol. The van der Waals surface area contributed by atoms with Crippen molar-refractivity contribution in [2.45, 2.75) is 25.3 Å². The molecule has 3 heterocycles. The van der Waals surface area contributed by atoms with Crippen molar-refractivity contribution >= 4 is 40.3 Å². The molecule has 128 valence electrons. The fourth-order valence-electron chi connectivity index (χ4n) is 2.72. The molecule has 8 heteroatoms. The maximum Gasteiger partial charge on any atom is 0.316 e. The van der Waals surface area contributed by atoms with Gasteiger partial charge in [-0.2, -0.15) is 0 Å². The Morgan fingerprint density at radius 1 is 1.29 bits per heavy atom. The van der Waals surface area contributed by atoms with E-state index in [0.717, 1.165) is 42.1 Å². The van der Waals surface area contributed by atoms with Crippen LogP contribution in [0.3, 0.4) is 0 Å². The van der Waals surface area contributed by atoms with Crippen LogP contribution in [0.5, 0.6) is 0 Å². The van der Waals surface area contributed by atoms with Crippen molar-refractivity contribution in [3.63, 3.8) is 0 Å². The molecule has 1 aliphatic heterocycles. The van der Waals surface area contributed by atoms with Crippen molar-refractivity contribution in [1.29, 1.82) is 0 Å². The molecule has 5 N–H and O–H groups in total. The van der Waals surface area contributed by atoms with Crippen LogP contribution in [0.4, 0.5) is 10.5 Å². The van der Waals surface area contributed by atoms with Crippen LogP contribution in [0.1, 0.15) is 28.9 Å². The van der Waals surface area contributed by atoms with E-state index in [9.17, 15) is 9.59 Å². The third-order valence-electron chi connectivity index (χ3n) is 3.84. The second-order valence-corrected chi connectivity index (χ2v) is 7.69. The van der Waals surface area contributed by atoms with Crippen molar-refractivity contribution in [2.24, 2.45) is 5.73 Å². The summed E-state index contributed by atoms with van der Waals surface area (Å²) in [6.45, 7) is 1.76. The first-order valence-electron chi connectivity index (χ1n) is 7.89. The van der Waals surface area contributed by atoms with Gasteiger partial charge in [0, 0.05) is 22.3 Å². The van der Waals surface area contributed by atoms with E-state index in [1.54, 1.807) is 11.3 Å². The van der Waals surface area contributed by atoms with E-state index in [2.05, 4.69) is 16.0 Å². The van der Waals surface area contributed by atoms with Gasteiger partial charge in [-0.25, -0.2) is 4.79 Å². The zero-order valence-electron chi connectivity index (χ0n) is 13.1. The van der Waals surface area contributed by atoms with Crippen LogP contribution in [0.15, 0.2) is 23.6 Å². The molecule has 24 heavy (non-hydrogen) atoms. The van der Waals surface area contributed by atoms with Crippen LogP contribution < -0.4 is 21.7 Å². The molecule has 0 unspecified atom stereocenters. The van der Waals surface area contributed by atoms with E-state index in [0.29, 0.717) is 10.6 Å². The third kappa shape index (κ3) is 4.14. The highest BCUT2D eigenvalue weighted by atomic mass is 32.1. The largest absolute Gasteiger partial charge is 0.351 e. The molecule has 1 atom stereocenters. The van der Waals surface area contributed by atoms with Gasteiger partial charge < -0.3 is 21.7 Å². The number of carbonyl (C=O) groups excluding carboxylic acids is 2. The first kappa shape index (κ1) is 16.9. The van der Waals surface area contributed by atoms with Crippen molar-refractivity contribution < 1.29 is 9.59 Å². The number of thiophene rings is 2. The Morgan fingerprint density at radius 3 is 2.92 bits per heavy atom. The summed E-state index contributed by atoms with van der Waals surface area (Å²) in [7, 11) is 0. The highest BCUT2D eigenvalue weighted by Gasteiger charge is 2.21. The van der Waals surface area contributed by atoms with Crippen LogP contribution in [-0.4, -0.2) is 31.1 Å². The molecule has 2 aromatic heterocycles. The smallest absolute Gasteiger partial charge is 0.316 e. The lowest BCUT2D eigenvalue weighted by Crippen LogP contribution is -2.40. The Morgan fingerprint density at radius 2 is 2.17 bits per heavy atom. The van der Waals surface area contributed by atoms with E-state index >= 15 is 0 Å². The lowest BCUT2D eigenvalue weighted by molar-refractivity contribution is 0.0940. The Labute approximate surface area is 148 Å². The van der Waals surface area contributed by atoms with Gasteiger partial charge in [-0.15, -0.1) is 22.7 Å². The molecule has 1 fully saturated rings. The number of hydrogen-bond donors (Lipinski definition) is 4. The Kier molecular flexibility index (Phi) is 5.49. The molecular weight excluding hydrogens is 344 g/mol. The third-order valence-corrected chi connectivity index (χ3v) is 6.04. The molecule has 0 aliphatic carbocycles. The number of primary amides is 1. The Hall–Kier alpha value is -1.90. The SMILES string of the molecule is NC(=O)Nc1cc(-c2cccs2)sc1C(=O)N[C@H]1CCCCNC1. The minimum Gasteiger partial charge on any atom is -0.351 e. The topological polar surface area (TPSA) is 96.2 Å². The summed E-state index contributed by atoms with van der Waals surface area (Å²) in [6, 6.07) is 5.19. The molecule has 0 radical (unpaired) electrons. The molecule has 6 nitrogen and oxygen atoms in total. The number of urea groups is 1. The van der Waals surface area contributed by atoms with Gasteiger partial charge in [-0.05, 0) is 36.9 Å². The van der Waals surface area contributed by atoms with Gasteiger partial charge in [-0.1, -0.05) is 12.5 Å². The quantitative estimate of drug-likeness (QED) is 0.672. The predicted molar refractivity (Wildman–Crippen MR) is 98.8 cm³/mol. The van der Waals surface area contributed by atoms with Crippen LogP contribution >= 0.6 is 22.7 Å². The molecule has 0 saturated carbocycles. The lowest BCUT2D eigenvalue weighted by Gasteiger charge is -2.16. The number of hydrogen-bond acceptors (Lipinski definition) is 5. The number of anilines is 1. The summed E-state index contributed by atoms with van der Waals surface area (Å²) in [4.78, 5) is 26.4. The van der Waals surface area contributed by atoms with Gasteiger partial charge in [-0.3, -0.25) is 4.79 Å². The Bertz CT molecular complexity index is 704. The van der Waals surface area contributed by atoms with Gasteiger partial charge >= 0.3 is 6.03 Å². The number of amides is 3. The molecule has 1 saturated heterocycles. The van der Waals surface area contributed by atoms with Gasteiger partial charge in [0.25, 0.3) is 5.91 Å². The maximum absolute atomic E-state index is 12.7. The fourth-order valence-corrected chi connectivity index (χ4v) is 4.56. The maximum atomic E-state index is 12.7. The van der Waals surface area contributed by atoms with Crippen LogP contribution in [-0.2, 0) is 0 Å². The normalized spacial score (nSPS) is 17.9. The van der Waals surface area contributed by atoms with E-state index in [4.69, 9.17) is 5.73 Å². The van der Waals surface area contributed by atoms with Gasteiger partial charge in [0.1, 0.15) is 4.88 Å². The summed E-state index contributed by atoms with van der Waals surface area (Å²) >= 11 is 2.96. The Balaban J connectivity index is 1.81. The average Bonchev–Trinajstić information content (AvgIpc) is 3.13. The highest BCUT2D eigenvalue weighted by molar-refractivity contribution is 7.22. The van der Waals surface area contributed by atoms with Crippen molar-refractivity contribution in [1.82, 2.24) is 10.6 Å². The number of rotatable bonds is 4. The second kappa shape index (κ2) is 7.78. The number of nitrogens with one attached hydrogen (secondary N) is 3. The highest BCUT2D eigenvalue weighted by Crippen LogP contribution is 2.37. The summed E-state index contributed by atoms with van der Waals surface area (Å²) in [6.07, 6.45) is 3.18. The van der Waals surface area contributed by atoms with E-state index in [1.807, 2.05) is 23.6 Å². The fraction of sp³-hybridized carbons (Fsp3) is 0.375. The zero-order chi connectivity index (χ0) is 16.9. The molecule has 0 bridgehead atoms. The lowest BCUT2D eigenvalue weighted by atomic mass is 10.1. The molecule has 2 aromatic rings. The van der Waals surface area contributed by atoms with Gasteiger partial charge in [0.15, 0.2) is 0 Å². The summed E-state index contributed by atoms with van der Waals surface area (Å²) in [5.74, 6) is -0.166. The summed E-state index contributed by atoms with van der Waals surface area (Å²) in [5.41, 5.74) is 5.71.